The molecule has 0 aliphatic carbocycles. The Balaban J connectivity index is 0.000000132. The van der Waals surface area contributed by atoms with Crippen molar-refractivity contribution in [3.63, 3.8) is 0 Å². The summed E-state index contributed by atoms with van der Waals surface area (Å²) in [6.45, 7) is 0. The molecule has 0 unspecified atom stereocenters. The summed E-state index contributed by atoms with van der Waals surface area (Å²) >= 11 is 0. The highest BCUT2D eigenvalue weighted by Gasteiger charge is 2.23. The van der Waals surface area contributed by atoms with Gasteiger partial charge in [0.25, 0.3) is 0 Å². The van der Waals surface area contributed by atoms with Crippen LogP contribution < -0.4 is 0 Å². The molecule has 0 aliphatic rings. The fraction of sp³-hybridized carbons (Fsp3) is 0. The maximum Gasteiger partial charge on any atom is 0.136 e. The number of nitrogens with zero attached hydrogens (tertiary/aromatic N) is 4. The van der Waals surface area contributed by atoms with Crippen LogP contribution in [0.25, 0.3) is 220 Å². The SMILES string of the molecule is c1ccc(-n2c3ccccc3c3ccc(-c4ccc5c(c4)c4ccccc4n5-c4ccc(-c5ccc6oc7ccccc7c6c5)c5ccccc45)cc32)cc1.c1ccc(-n2c3ccccc3c3ccc(-c4ccc5c(c4)c4ccccc4n5-c4ccc(-c5cccc6oc7ccccc7c56)c5ccccc45)cc32)cc1. The van der Waals surface area contributed by atoms with Gasteiger partial charge >= 0.3 is 0 Å². The number of para-hydroxylation sites is 8. The van der Waals surface area contributed by atoms with Crippen LogP contribution in [0.3, 0.4) is 0 Å². The van der Waals surface area contributed by atoms with Crippen molar-refractivity contribution in [3.8, 4) is 67.3 Å². The van der Waals surface area contributed by atoms with Crippen LogP contribution >= 0.6 is 0 Å². The van der Waals surface area contributed by atoms with Crippen LogP contribution in [0, 0.1) is 0 Å². The van der Waals surface area contributed by atoms with Crippen LogP contribution in [0.4, 0.5) is 0 Å². The van der Waals surface area contributed by atoms with Gasteiger partial charge in [0.2, 0.25) is 0 Å². The summed E-state index contributed by atoms with van der Waals surface area (Å²) in [6.07, 6.45) is 0. The van der Waals surface area contributed by atoms with Crippen LogP contribution in [-0.2, 0) is 0 Å². The lowest BCUT2D eigenvalue weighted by molar-refractivity contribution is 0.668. The van der Waals surface area contributed by atoms with Gasteiger partial charge in [-0.3, -0.25) is 0 Å². The lowest BCUT2D eigenvalue weighted by Crippen LogP contribution is -1.96. The monoisotopic (exact) mass is 1400 g/mol. The Hall–Kier alpha value is -14.7. The highest BCUT2D eigenvalue weighted by atomic mass is 16.3. The van der Waals surface area contributed by atoms with E-state index in [2.05, 4.69) is 388 Å². The maximum atomic E-state index is 6.30. The van der Waals surface area contributed by atoms with Gasteiger partial charge in [0.15, 0.2) is 0 Å². The number of hydrogen-bond donors (Lipinski definition) is 0. The smallest absolute Gasteiger partial charge is 0.136 e. The number of benzene rings is 18. The Morgan fingerprint density at radius 1 is 0.155 bits per heavy atom. The predicted octanol–water partition coefficient (Wildman–Crippen LogP) is 28.5. The van der Waals surface area contributed by atoms with Crippen molar-refractivity contribution in [2.75, 3.05) is 0 Å². The number of aromatic nitrogens is 4. The molecule has 24 aromatic rings. The summed E-state index contributed by atoms with van der Waals surface area (Å²) in [4.78, 5) is 0. The van der Waals surface area contributed by atoms with Crippen molar-refractivity contribution in [3.05, 3.63) is 388 Å². The molecule has 24 rings (SSSR count). The van der Waals surface area contributed by atoms with E-state index in [-0.39, 0.29) is 0 Å². The van der Waals surface area contributed by atoms with Crippen molar-refractivity contribution < 1.29 is 8.83 Å². The zero-order valence-corrected chi connectivity index (χ0v) is 59.6. The van der Waals surface area contributed by atoms with E-state index >= 15 is 0 Å². The minimum atomic E-state index is 0.908. The lowest BCUT2D eigenvalue weighted by atomic mass is 9.94. The molecular formula is C104H64N4O2. The summed E-state index contributed by atoms with van der Waals surface area (Å²) < 4.78 is 22.2. The van der Waals surface area contributed by atoms with E-state index in [1.807, 2.05) is 18.2 Å². The van der Waals surface area contributed by atoms with Crippen LogP contribution in [0.15, 0.2) is 397 Å². The van der Waals surface area contributed by atoms with Crippen molar-refractivity contribution in [2.24, 2.45) is 0 Å². The summed E-state index contributed by atoms with van der Waals surface area (Å²) in [5.74, 6) is 0. The van der Waals surface area contributed by atoms with Crippen LogP contribution in [0.5, 0.6) is 0 Å². The Labute approximate surface area is 631 Å². The third-order valence-corrected chi connectivity index (χ3v) is 23.1. The van der Waals surface area contributed by atoms with E-state index in [1.165, 1.54) is 159 Å². The second kappa shape index (κ2) is 24.4. The summed E-state index contributed by atoms with van der Waals surface area (Å²) in [5.41, 5.74) is 27.5. The zero-order chi connectivity index (χ0) is 72.1. The van der Waals surface area contributed by atoms with Crippen LogP contribution in [0.2, 0.25) is 0 Å². The number of rotatable bonds is 8. The largest absolute Gasteiger partial charge is 0.456 e. The first-order valence-corrected chi connectivity index (χ1v) is 37.7. The highest BCUT2D eigenvalue weighted by molar-refractivity contribution is 6.20. The Morgan fingerprint density at radius 3 is 1.04 bits per heavy atom. The molecule has 0 spiro atoms. The second-order valence-corrected chi connectivity index (χ2v) is 29.0. The van der Waals surface area contributed by atoms with Gasteiger partial charge in [0.05, 0.1) is 55.5 Å². The molecule has 0 aliphatic heterocycles. The number of furan rings is 2. The molecule has 0 bridgehead atoms. The number of hydrogen-bond acceptors (Lipinski definition) is 2. The summed E-state index contributed by atoms with van der Waals surface area (Å²) in [7, 11) is 0. The van der Waals surface area contributed by atoms with Gasteiger partial charge in [-0.2, -0.15) is 0 Å². The van der Waals surface area contributed by atoms with Crippen LogP contribution in [0.1, 0.15) is 0 Å². The first kappa shape index (κ1) is 61.6. The zero-order valence-electron chi connectivity index (χ0n) is 59.6. The average Bonchev–Trinajstić information content (AvgIpc) is 1.55. The van der Waals surface area contributed by atoms with E-state index in [1.54, 1.807) is 0 Å². The molecule has 0 N–H and O–H groups in total. The molecule has 6 heteroatoms. The van der Waals surface area contributed by atoms with Gasteiger partial charge in [-0.05, 0) is 183 Å². The highest BCUT2D eigenvalue weighted by Crippen LogP contribution is 2.47. The minimum Gasteiger partial charge on any atom is -0.456 e. The molecule has 110 heavy (non-hydrogen) atoms. The van der Waals surface area contributed by atoms with Gasteiger partial charge in [-0.1, -0.05) is 261 Å². The molecule has 0 saturated heterocycles. The topological polar surface area (TPSA) is 46.0 Å². The van der Waals surface area contributed by atoms with E-state index in [0.29, 0.717) is 0 Å². The molecule has 0 saturated carbocycles. The first-order chi connectivity index (χ1) is 54.6. The Kier molecular flexibility index (Phi) is 13.7. The quantitative estimate of drug-likeness (QED) is 0.152. The lowest BCUT2D eigenvalue weighted by Gasteiger charge is -2.15. The molecule has 0 amide bonds. The van der Waals surface area contributed by atoms with E-state index in [9.17, 15) is 0 Å². The molecule has 512 valence electrons. The maximum absolute atomic E-state index is 6.30. The standard InChI is InChI=1S/2C52H32N2O/c1-2-13-35(14-3-1)53-45-21-9-6-17-39(45)41-27-25-34(32-49(41)53)33-26-29-48-44(31-33)40-18-7-10-22-46(40)54(48)47-30-28-37(36-15-4-5-16-38(36)47)42-20-12-24-51-52(42)43-19-8-11-23-50(43)55-51;1-2-12-36(13-3-1)53-46-19-9-6-16-40(46)42-25-22-34(32-50(42)53)33-23-27-49-44(30-33)41-17-7-10-20-47(41)54(49)48-28-26-37(38-14-4-5-15-39(38)48)35-24-29-52-45(31-35)43-18-8-11-21-51(43)55-52/h2*1-32H. The van der Waals surface area contributed by atoms with Gasteiger partial charge < -0.3 is 27.1 Å². The molecule has 6 heterocycles. The Morgan fingerprint density at radius 2 is 0.500 bits per heavy atom. The second-order valence-electron chi connectivity index (χ2n) is 29.0. The fourth-order valence-corrected chi connectivity index (χ4v) is 18.2. The molecule has 6 nitrogen and oxygen atoms in total. The first-order valence-electron chi connectivity index (χ1n) is 37.7. The molecule has 0 radical (unpaired) electrons. The van der Waals surface area contributed by atoms with Crippen LogP contribution in [-0.4, -0.2) is 18.3 Å². The fourth-order valence-electron chi connectivity index (χ4n) is 18.2. The molecule has 0 fully saturated rings. The van der Waals surface area contributed by atoms with Gasteiger partial charge in [-0.25, -0.2) is 0 Å². The predicted molar refractivity (Wildman–Crippen MR) is 462 cm³/mol. The summed E-state index contributed by atoms with van der Waals surface area (Å²) in [5, 5.41) is 19.4. The third-order valence-electron chi connectivity index (χ3n) is 23.1. The normalized spacial score (nSPS) is 12.0. The molecular weight excluding hydrogens is 1340 g/mol. The average molecular weight is 1400 g/mol. The minimum absolute atomic E-state index is 0.908. The van der Waals surface area contributed by atoms with Crippen molar-refractivity contribution in [1.82, 2.24) is 18.3 Å². The molecule has 0 atom stereocenters. The van der Waals surface area contributed by atoms with Crippen molar-refractivity contribution >= 4 is 153 Å². The van der Waals surface area contributed by atoms with Gasteiger partial charge in [-0.15, -0.1) is 0 Å². The van der Waals surface area contributed by atoms with Crippen molar-refractivity contribution in [2.45, 2.75) is 0 Å². The van der Waals surface area contributed by atoms with E-state index in [0.717, 1.165) is 60.9 Å². The Bertz CT molecular complexity index is 7910. The summed E-state index contributed by atoms with van der Waals surface area (Å²) in [6, 6.07) is 141. The number of fused-ring (bicyclic) bond motifs is 20. The van der Waals surface area contributed by atoms with Gasteiger partial charge in [0, 0.05) is 86.8 Å². The van der Waals surface area contributed by atoms with E-state index in [4.69, 9.17) is 8.83 Å². The van der Waals surface area contributed by atoms with E-state index < -0.39 is 0 Å². The third kappa shape index (κ3) is 9.43. The van der Waals surface area contributed by atoms with Gasteiger partial charge in [0.1, 0.15) is 22.3 Å². The van der Waals surface area contributed by atoms with Crippen molar-refractivity contribution in [1.29, 1.82) is 0 Å². The molecule has 6 aromatic heterocycles. The molecule has 18 aromatic carbocycles.